The van der Waals surface area contributed by atoms with Gasteiger partial charge in [0.05, 0.1) is 12.6 Å². The third kappa shape index (κ3) is 2.66. The van der Waals surface area contributed by atoms with Gasteiger partial charge in [-0.2, -0.15) is 0 Å². The zero-order chi connectivity index (χ0) is 17.3. The molecule has 0 spiro atoms. The summed E-state index contributed by atoms with van der Waals surface area (Å²) >= 11 is 5.85. The Morgan fingerprint density at radius 2 is 1.67 bits per heavy atom. The first-order valence-electron chi connectivity index (χ1n) is 7.06. The lowest BCUT2D eigenvalue weighted by molar-refractivity contribution is 0.408. The van der Waals surface area contributed by atoms with Crippen molar-refractivity contribution in [3.63, 3.8) is 0 Å². The largest absolute Gasteiger partial charge is 0.491 e. The molecule has 4 nitrogen and oxygen atoms in total. The molecule has 1 heterocycles. The summed E-state index contributed by atoms with van der Waals surface area (Å²) in [7, 11) is 1.30. The second-order valence-electron chi connectivity index (χ2n) is 5.09. The lowest BCUT2D eigenvalue weighted by Crippen LogP contribution is -2.15. The van der Waals surface area contributed by atoms with Crippen molar-refractivity contribution in [1.82, 2.24) is 4.57 Å². The molecule has 0 saturated heterocycles. The fourth-order valence-corrected chi connectivity index (χ4v) is 2.48. The van der Waals surface area contributed by atoms with Gasteiger partial charge in [-0.15, -0.1) is 0 Å². The summed E-state index contributed by atoms with van der Waals surface area (Å²) in [5, 5.41) is 0.688. The van der Waals surface area contributed by atoms with Gasteiger partial charge >= 0.3 is 5.56 Å². The summed E-state index contributed by atoms with van der Waals surface area (Å²) < 4.78 is 5.87. The minimum absolute atomic E-state index is 0.106. The van der Waals surface area contributed by atoms with Gasteiger partial charge in [-0.25, -0.2) is 4.57 Å². The van der Waals surface area contributed by atoms with Crippen LogP contribution in [0.1, 0.15) is 0 Å². The molecule has 0 unspecified atom stereocenters. The molecule has 0 fully saturated rings. The molecule has 24 heavy (non-hydrogen) atoms. The summed E-state index contributed by atoms with van der Waals surface area (Å²) in [6.45, 7) is 0. The molecule has 5 heteroatoms. The second-order valence-corrected chi connectivity index (χ2v) is 5.52. The molecule has 0 atom stereocenters. The van der Waals surface area contributed by atoms with Crippen LogP contribution in [0.5, 0.6) is 5.75 Å². The van der Waals surface area contributed by atoms with E-state index in [-0.39, 0.29) is 16.7 Å². The third-order valence-electron chi connectivity index (χ3n) is 3.71. The number of hydrogen-bond donors (Lipinski definition) is 0. The molecule has 2 aliphatic carbocycles. The van der Waals surface area contributed by atoms with Gasteiger partial charge in [0.1, 0.15) is 0 Å². The van der Waals surface area contributed by atoms with Gasteiger partial charge in [0.25, 0.3) is 0 Å². The zero-order valence-electron chi connectivity index (χ0n) is 12.7. The maximum Gasteiger partial charge on any atom is 0.305 e. The van der Waals surface area contributed by atoms with Gasteiger partial charge in [-0.05, 0) is 29.3 Å². The van der Waals surface area contributed by atoms with Crippen LogP contribution in [0.4, 0.5) is 0 Å². The fraction of sp³-hybridized carbons (Fsp3) is 0.0526. The van der Waals surface area contributed by atoms with Gasteiger partial charge < -0.3 is 4.74 Å². The first kappa shape index (κ1) is 15.9. The van der Waals surface area contributed by atoms with Crippen molar-refractivity contribution >= 4 is 22.5 Å². The van der Waals surface area contributed by atoms with E-state index < -0.39 is 5.56 Å². The first-order chi connectivity index (χ1) is 11.5. The Balaban J connectivity index is 0.000000231. The van der Waals surface area contributed by atoms with Gasteiger partial charge in [0.2, 0.25) is 0 Å². The van der Waals surface area contributed by atoms with Crippen LogP contribution in [0.15, 0.2) is 58.1 Å². The van der Waals surface area contributed by atoms with Crippen molar-refractivity contribution in [3.05, 3.63) is 74.1 Å². The molecule has 0 saturated carbocycles. The first-order valence-corrected chi connectivity index (χ1v) is 7.43. The number of ether oxygens (including phenoxy) is 1. The summed E-state index contributed by atoms with van der Waals surface area (Å²) in [6.07, 6.45) is 5.31. The Morgan fingerprint density at radius 1 is 1.04 bits per heavy atom. The Kier molecular flexibility index (Phi) is 4.11. The van der Waals surface area contributed by atoms with Crippen LogP contribution >= 0.6 is 11.6 Å². The van der Waals surface area contributed by atoms with Crippen molar-refractivity contribution in [2.45, 2.75) is 0 Å². The molecule has 2 aliphatic rings. The van der Waals surface area contributed by atoms with E-state index >= 15 is 0 Å². The second kappa shape index (κ2) is 6.23. The van der Waals surface area contributed by atoms with E-state index in [2.05, 4.69) is 30.3 Å². The fourth-order valence-electron chi connectivity index (χ4n) is 2.31. The highest BCUT2D eigenvalue weighted by Crippen LogP contribution is 2.29. The minimum atomic E-state index is -0.575. The average molecular weight is 338 g/mol. The van der Waals surface area contributed by atoms with Crippen molar-refractivity contribution in [1.29, 1.82) is 0 Å². The minimum Gasteiger partial charge on any atom is -0.491 e. The predicted octanol–water partition coefficient (Wildman–Crippen LogP) is 3.13. The van der Waals surface area contributed by atoms with Gasteiger partial charge in [-0.3, -0.25) is 9.59 Å². The van der Waals surface area contributed by atoms with Crippen molar-refractivity contribution in [3.8, 4) is 29.3 Å². The monoisotopic (exact) mass is 337 g/mol. The number of nitrogens with zero attached hydrogens (tertiary/aromatic N) is 1. The third-order valence-corrected chi connectivity index (χ3v) is 3.94. The summed E-state index contributed by atoms with van der Waals surface area (Å²) in [5.41, 5.74) is 2.20. The van der Waals surface area contributed by atoms with E-state index in [1.54, 1.807) is 6.07 Å². The van der Waals surface area contributed by atoms with Crippen LogP contribution in [0.25, 0.3) is 22.0 Å². The van der Waals surface area contributed by atoms with Gasteiger partial charge in [0, 0.05) is 22.5 Å². The highest BCUT2D eigenvalue weighted by molar-refractivity contribution is 6.31. The van der Waals surface area contributed by atoms with E-state index in [9.17, 15) is 9.59 Å². The van der Waals surface area contributed by atoms with E-state index in [1.165, 1.54) is 30.4 Å². The maximum atomic E-state index is 12.0. The molecule has 0 amide bonds. The molecule has 0 aliphatic heterocycles. The number of aromatic nitrogens is 1. The lowest BCUT2D eigenvalue weighted by atomic mass is 9.95. The van der Waals surface area contributed by atoms with Crippen LogP contribution in [-0.2, 0) is 0 Å². The quantitative estimate of drug-likeness (QED) is 0.501. The summed E-state index contributed by atoms with van der Waals surface area (Å²) in [6, 6.07) is 16.4. The van der Waals surface area contributed by atoms with Gasteiger partial charge in [-0.1, -0.05) is 42.3 Å². The van der Waals surface area contributed by atoms with E-state index in [0.29, 0.717) is 10.4 Å². The lowest BCUT2D eigenvalue weighted by Gasteiger charge is -2.10. The molecule has 0 bridgehead atoms. The molecule has 4 rings (SSSR count). The molecular formula is C19H12ClNO3. The number of rotatable bonds is 1. The number of halogens is 1. The van der Waals surface area contributed by atoms with E-state index in [1.807, 2.05) is 0 Å². The van der Waals surface area contributed by atoms with Crippen molar-refractivity contribution in [2.24, 2.45) is 0 Å². The topological polar surface area (TPSA) is 48.3 Å². The zero-order valence-corrected chi connectivity index (χ0v) is 13.5. The van der Waals surface area contributed by atoms with Gasteiger partial charge in [0.15, 0.2) is 11.2 Å². The van der Waals surface area contributed by atoms with Crippen LogP contribution in [0.3, 0.4) is 0 Å². The molecule has 2 aromatic rings. The predicted molar refractivity (Wildman–Crippen MR) is 95.7 cm³/mol. The molecular weight excluding hydrogens is 326 g/mol. The SMILES string of the molecule is C#Cn1c(=O)c(OC)cc(=O)c2ccc(Cl)cc21.c1cc2ccc1-2. The highest BCUT2D eigenvalue weighted by atomic mass is 35.5. The molecule has 1 aromatic heterocycles. The molecule has 1 aromatic carbocycles. The number of terminal acetylenes is 1. The highest BCUT2D eigenvalue weighted by Gasteiger charge is 2.09. The van der Waals surface area contributed by atoms with E-state index in [0.717, 1.165) is 10.6 Å². The summed E-state index contributed by atoms with van der Waals surface area (Å²) in [4.78, 5) is 24.0. The maximum absolute atomic E-state index is 12.0. The van der Waals surface area contributed by atoms with Crippen LogP contribution in [0.2, 0.25) is 5.02 Å². The molecule has 118 valence electrons. The Bertz CT molecular complexity index is 1070. The summed E-state index contributed by atoms with van der Waals surface area (Å²) in [5.74, 6) is -0.106. The Hall–Kier alpha value is -3.03. The number of fused-ring (bicyclic) bond motifs is 2. The van der Waals surface area contributed by atoms with Crippen LogP contribution in [0, 0.1) is 12.5 Å². The van der Waals surface area contributed by atoms with Crippen LogP contribution in [-0.4, -0.2) is 11.7 Å². The Labute approximate surface area is 142 Å². The number of methoxy groups -OCH3 is 1. The normalized spacial score (nSPS) is 10.4. The average Bonchev–Trinajstić information content (AvgIpc) is 2.66. The number of benzene rings is 2. The van der Waals surface area contributed by atoms with E-state index in [4.69, 9.17) is 22.8 Å². The van der Waals surface area contributed by atoms with Crippen molar-refractivity contribution in [2.75, 3.05) is 7.11 Å². The molecule has 0 radical (unpaired) electrons. The van der Waals surface area contributed by atoms with Crippen molar-refractivity contribution < 1.29 is 4.74 Å². The standard InChI is InChI=1S/C13H8ClNO3.C6H4/c1-3-15-10-6-8(14)4-5-9(10)11(16)7-12(18-2)13(15)17;1-2-6-4-3-5(1)6/h1,4-7H,2H3;1-4H. The number of hydrogen-bond acceptors (Lipinski definition) is 3. The Morgan fingerprint density at radius 3 is 2.12 bits per heavy atom. The smallest absolute Gasteiger partial charge is 0.305 e. The molecule has 0 N–H and O–H groups in total. The van der Waals surface area contributed by atoms with Crippen LogP contribution < -0.4 is 15.7 Å².